The Kier molecular flexibility index (Phi) is 7.51. The van der Waals surface area contributed by atoms with Crippen LogP contribution in [0.25, 0.3) is 11.1 Å². The van der Waals surface area contributed by atoms with Gasteiger partial charge in [0, 0.05) is 48.7 Å². The van der Waals surface area contributed by atoms with Crippen LogP contribution < -0.4 is 22.0 Å². The number of aliphatic carboxylic acids is 1. The number of anilines is 1. The van der Waals surface area contributed by atoms with Crippen LogP contribution in [0.4, 0.5) is 5.69 Å². The molecule has 4 rings (SSSR count). The number of nitrogens with two attached hydrogens (primary N) is 2. The maximum absolute atomic E-state index is 11.9. The Balaban J connectivity index is 1.74. The van der Waals surface area contributed by atoms with E-state index >= 15 is 0 Å². The van der Waals surface area contributed by atoms with E-state index in [1.165, 1.54) is 11.1 Å². The Morgan fingerprint density at radius 3 is 2.53 bits per heavy atom. The van der Waals surface area contributed by atoms with Gasteiger partial charge in [-0.3, -0.25) is 14.7 Å². The molecule has 9 heteroatoms. The highest BCUT2D eigenvalue weighted by Gasteiger charge is 2.30. The van der Waals surface area contributed by atoms with Crippen LogP contribution in [0, 0.1) is 19.3 Å². The van der Waals surface area contributed by atoms with E-state index in [0.717, 1.165) is 79.2 Å². The number of hydrogen-bond acceptors (Lipinski definition) is 7. The third-order valence-corrected chi connectivity index (χ3v) is 7.70. The molecule has 6 N–H and O–H groups in total. The zero-order valence-corrected chi connectivity index (χ0v) is 21.9. The molecule has 194 valence electrons. The summed E-state index contributed by atoms with van der Waals surface area (Å²) in [5.41, 5.74) is 11.2. The molecule has 36 heavy (non-hydrogen) atoms. The zero-order valence-electron chi connectivity index (χ0n) is 21.9. The lowest BCUT2D eigenvalue weighted by molar-refractivity contribution is -0.136. The lowest BCUT2D eigenvalue weighted by Gasteiger charge is -2.40. The van der Waals surface area contributed by atoms with Crippen molar-refractivity contribution in [2.24, 2.45) is 22.2 Å². The minimum absolute atomic E-state index is 0.0263. The van der Waals surface area contributed by atoms with Gasteiger partial charge in [0.25, 0.3) is 0 Å². The molecule has 2 aliphatic rings. The van der Waals surface area contributed by atoms with Gasteiger partial charge in [0.2, 0.25) is 0 Å². The standard InChI is InChI=1S/C27H39N7O2/c1-17-22(14-24(35)36)26(34-11-8-27(3,4)9-12-34)25(18(2)30-17)20-5-6-21-15-33(10-7-19(21)13-20)16-23(31-28)32-29/h5-6,13H,7-12,14-16,28-29H2,1-4H3,(H,31,32)(H,35,36). The highest BCUT2D eigenvalue weighted by atomic mass is 16.4. The van der Waals surface area contributed by atoms with Crippen molar-refractivity contribution in [3.05, 3.63) is 46.3 Å². The molecule has 9 nitrogen and oxygen atoms in total. The van der Waals surface area contributed by atoms with E-state index < -0.39 is 5.97 Å². The van der Waals surface area contributed by atoms with Gasteiger partial charge in [-0.2, -0.15) is 5.10 Å². The normalized spacial score (nSPS) is 18.1. The second kappa shape index (κ2) is 10.4. The van der Waals surface area contributed by atoms with Gasteiger partial charge in [0.15, 0.2) is 0 Å². The zero-order chi connectivity index (χ0) is 26.0. The van der Waals surface area contributed by atoms with Gasteiger partial charge in [-0.25, -0.2) is 5.84 Å². The Labute approximate surface area is 213 Å². The van der Waals surface area contributed by atoms with Crippen molar-refractivity contribution in [3.8, 4) is 11.1 Å². The summed E-state index contributed by atoms with van der Waals surface area (Å²) in [7, 11) is 0. The Hall–Kier alpha value is -3.17. The second-order valence-corrected chi connectivity index (χ2v) is 10.9. The first-order valence-corrected chi connectivity index (χ1v) is 12.7. The maximum atomic E-state index is 11.9. The smallest absolute Gasteiger partial charge is 0.307 e. The van der Waals surface area contributed by atoms with E-state index in [1.54, 1.807) is 0 Å². The molecular formula is C27H39N7O2. The van der Waals surface area contributed by atoms with E-state index in [4.69, 9.17) is 16.7 Å². The molecule has 0 amide bonds. The third-order valence-electron chi connectivity index (χ3n) is 7.70. The number of piperidine rings is 1. The average molecular weight is 494 g/mol. The average Bonchev–Trinajstić information content (AvgIpc) is 2.83. The SMILES string of the molecule is Cc1nc(C)c(-c2ccc3c(c2)CCN(C/C(=N/N)NN)C3)c(N2CCC(C)(C)CC2)c1CC(=O)O. The van der Waals surface area contributed by atoms with Crippen molar-refractivity contribution >= 4 is 17.5 Å². The molecule has 0 unspecified atom stereocenters. The summed E-state index contributed by atoms with van der Waals surface area (Å²) in [6, 6.07) is 6.61. The molecule has 0 spiro atoms. The van der Waals surface area contributed by atoms with E-state index in [0.29, 0.717) is 17.8 Å². The molecule has 3 heterocycles. The fourth-order valence-electron chi connectivity index (χ4n) is 5.50. The number of carbonyl (C=O) groups is 1. The molecule has 0 bridgehead atoms. The number of rotatable bonds is 6. The van der Waals surface area contributed by atoms with Crippen molar-refractivity contribution in [1.29, 1.82) is 0 Å². The number of carboxylic acids is 1. The molecule has 2 aliphatic heterocycles. The second-order valence-electron chi connectivity index (χ2n) is 10.9. The predicted octanol–water partition coefficient (Wildman–Crippen LogP) is 2.71. The van der Waals surface area contributed by atoms with Crippen molar-refractivity contribution in [1.82, 2.24) is 15.3 Å². The van der Waals surface area contributed by atoms with Crippen LogP contribution in [0.1, 0.15) is 54.8 Å². The number of pyridine rings is 1. The molecule has 1 aromatic heterocycles. The van der Waals surface area contributed by atoms with Crippen molar-refractivity contribution < 1.29 is 9.90 Å². The number of carboxylic acid groups (broad SMARTS) is 1. The Morgan fingerprint density at radius 2 is 1.89 bits per heavy atom. The minimum Gasteiger partial charge on any atom is -0.481 e. The summed E-state index contributed by atoms with van der Waals surface area (Å²) in [6.07, 6.45) is 3.02. The van der Waals surface area contributed by atoms with Gasteiger partial charge in [-0.05, 0) is 55.2 Å². The van der Waals surface area contributed by atoms with Gasteiger partial charge >= 0.3 is 5.97 Å². The van der Waals surface area contributed by atoms with Crippen LogP contribution in [0.5, 0.6) is 0 Å². The Bertz CT molecular complexity index is 1170. The van der Waals surface area contributed by atoms with Crippen LogP contribution in [-0.2, 0) is 24.2 Å². The number of hydrazone groups is 1. The third kappa shape index (κ3) is 5.47. The fourth-order valence-corrected chi connectivity index (χ4v) is 5.50. The minimum atomic E-state index is -0.828. The number of aryl methyl sites for hydroxylation is 2. The lowest BCUT2D eigenvalue weighted by Crippen LogP contribution is -2.43. The monoisotopic (exact) mass is 493 g/mol. The first-order chi connectivity index (χ1) is 17.1. The highest BCUT2D eigenvalue weighted by molar-refractivity contribution is 5.87. The van der Waals surface area contributed by atoms with E-state index in [2.05, 4.69) is 52.4 Å². The number of aromatic nitrogens is 1. The fraction of sp³-hybridized carbons (Fsp3) is 0.519. The summed E-state index contributed by atoms with van der Waals surface area (Å²) in [5.74, 6) is 10.6. The highest BCUT2D eigenvalue weighted by Crippen LogP contribution is 2.42. The van der Waals surface area contributed by atoms with Crippen molar-refractivity contribution in [2.75, 3.05) is 31.1 Å². The first kappa shape index (κ1) is 25.9. The summed E-state index contributed by atoms with van der Waals surface area (Å²) in [6.45, 7) is 12.7. The number of fused-ring (bicyclic) bond motifs is 1. The molecule has 0 atom stereocenters. The number of benzene rings is 1. The van der Waals surface area contributed by atoms with E-state index in [1.807, 2.05) is 13.8 Å². The predicted molar refractivity (Wildman–Crippen MR) is 144 cm³/mol. The van der Waals surface area contributed by atoms with Gasteiger partial charge in [-0.1, -0.05) is 32.0 Å². The van der Waals surface area contributed by atoms with E-state index in [9.17, 15) is 9.90 Å². The molecule has 1 saturated heterocycles. The molecule has 0 saturated carbocycles. The summed E-state index contributed by atoms with van der Waals surface area (Å²) in [5, 5.41) is 13.4. The maximum Gasteiger partial charge on any atom is 0.307 e. The number of hydrazine groups is 1. The molecule has 1 fully saturated rings. The van der Waals surface area contributed by atoms with Crippen LogP contribution in [0.2, 0.25) is 0 Å². The lowest BCUT2D eigenvalue weighted by atomic mass is 9.82. The van der Waals surface area contributed by atoms with Gasteiger partial charge < -0.3 is 21.3 Å². The van der Waals surface area contributed by atoms with Gasteiger partial charge in [0.05, 0.1) is 18.7 Å². The summed E-state index contributed by atoms with van der Waals surface area (Å²) < 4.78 is 0. The van der Waals surface area contributed by atoms with Crippen molar-refractivity contribution in [2.45, 2.75) is 59.9 Å². The number of nitrogens with one attached hydrogen (secondary N) is 1. The van der Waals surface area contributed by atoms with Crippen molar-refractivity contribution in [3.63, 3.8) is 0 Å². The molecular weight excluding hydrogens is 454 g/mol. The van der Waals surface area contributed by atoms with Crippen LogP contribution >= 0.6 is 0 Å². The first-order valence-electron chi connectivity index (χ1n) is 12.7. The van der Waals surface area contributed by atoms with Gasteiger partial charge in [-0.15, -0.1) is 0 Å². The molecule has 0 radical (unpaired) electrons. The van der Waals surface area contributed by atoms with Gasteiger partial charge in [0.1, 0.15) is 5.84 Å². The van der Waals surface area contributed by atoms with E-state index in [-0.39, 0.29) is 6.42 Å². The quantitative estimate of drug-likeness (QED) is 0.209. The number of nitrogens with zero attached hydrogens (tertiary/aromatic N) is 4. The summed E-state index contributed by atoms with van der Waals surface area (Å²) in [4.78, 5) is 21.3. The summed E-state index contributed by atoms with van der Waals surface area (Å²) >= 11 is 0. The number of amidine groups is 1. The molecule has 1 aromatic carbocycles. The van der Waals surface area contributed by atoms with Crippen LogP contribution in [0.15, 0.2) is 23.3 Å². The van der Waals surface area contributed by atoms with Crippen LogP contribution in [-0.4, -0.2) is 53.0 Å². The number of hydrogen-bond donors (Lipinski definition) is 4. The molecule has 2 aromatic rings. The Morgan fingerprint density at radius 1 is 1.17 bits per heavy atom. The largest absolute Gasteiger partial charge is 0.481 e. The van der Waals surface area contributed by atoms with Crippen LogP contribution in [0.3, 0.4) is 0 Å². The topological polar surface area (TPSA) is 133 Å². The molecule has 0 aliphatic carbocycles.